The molecular weight excluding hydrogens is 1570 g/mol. The van der Waals surface area contributed by atoms with Crippen LogP contribution in [0.25, 0.3) is 23.3 Å². The normalized spacial score (nSPS) is 14.8. The molecule has 14 heteroatoms. The molecular formula is C105H180O7Si7. The quantitative estimate of drug-likeness (QED) is 0.0249. The lowest BCUT2D eigenvalue weighted by Gasteiger charge is -2.44. The summed E-state index contributed by atoms with van der Waals surface area (Å²) in [5, 5.41) is 0. The molecule has 0 radical (unpaired) electrons. The zero-order valence-electron chi connectivity index (χ0n) is 84.3. The SMILES string of the molecule is C=CCCCC[Si](Oc1cccc2c1CC(C)=C2)(C(C)C)C(C)C.CC(C)[Si](Oc1ccc(O[Si](C(C)C)(C(C)C)C(C)C)c2c1C=CC2)(C(C)C)C(C)C.CC(C)[Si](Oc1ccc(O[Si](C(C)C)(C(C)C)C(C)C)c2c1CC=C2CCC1=CCc2c(O[Si](C(C)C)(C(C)C)C(C)C)ccc(O[Si](C(C)C)(C(C)C)C(C)C)c21)(C(C)C)C(C)C. The first kappa shape index (κ1) is 103. The number of fused-ring (bicyclic) bond motifs is 4. The van der Waals surface area contributed by atoms with Crippen LogP contribution in [-0.2, 0) is 25.7 Å². The number of unbranched alkanes of at least 4 members (excludes halogenated alkanes) is 2. The Labute approximate surface area is 741 Å². The van der Waals surface area contributed by atoms with Crippen molar-refractivity contribution in [2.24, 2.45) is 0 Å². The first-order chi connectivity index (χ1) is 55.3. The summed E-state index contributed by atoms with van der Waals surface area (Å²) < 4.78 is 51.7. The number of rotatable bonds is 42. The van der Waals surface area contributed by atoms with Crippen molar-refractivity contribution >= 4 is 81.5 Å². The molecule has 4 aromatic carbocycles. The Hall–Kier alpha value is -4.30. The van der Waals surface area contributed by atoms with Gasteiger partial charge in [0, 0.05) is 38.9 Å². The van der Waals surface area contributed by atoms with Gasteiger partial charge in [0.15, 0.2) is 0 Å². The summed E-state index contributed by atoms with van der Waals surface area (Å²) in [5.41, 5.74) is 25.4. The third-order valence-corrected chi connectivity index (χ3v) is 71.8. The maximum atomic E-state index is 7.69. The molecule has 7 nitrogen and oxygen atoms in total. The summed E-state index contributed by atoms with van der Waals surface area (Å²) in [6.45, 7) is 101. The van der Waals surface area contributed by atoms with Crippen LogP contribution in [0.1, 0.15) is 360 Å². The van der Waals surface area contributed by atoms with Crippen LogP contribution in [-0.4, -0.2) is 58.2 Å². The summed E-state index contributed by atoms with van der Waals surface area (Å²) in [6.07, 6.45) is 23.2. The van der Waals surface area contributed by atoms with Gasteiger partial charge in [-0.25, -0.2) is 0 Å². The van der Waals surface area contributed by atoms with E-state index in [0.29, 0.717) is 111 Å². The van der Waals surface area contributed by atoms with E-state index in [9.17, 15) is 0 Å². The molecule has 0 bridgehead atoms. The fourth-order valence-corrected chi connectivity index (χ4v) is 60.9. The first-order valence-corrected chi connectivity index (χ1v) is 63.2. The number of allylic oxidation sites excluding steroid dienone is 7. The van der Waals surface area contributed by atoms with Crippen LogP contribution in [0.3, 0.4) is 0 Å². The molecule has 119 heavy (non-hydrogen) atoms. The van der Waals surface area contributed by atoms with Crippen molar-refractivity contribution in [2.75, 3.05) is 0 Å². The fourth-order valence-electron chi connectivity index (χ4n) is 24.8. The van der Waals surface area contributed by atoms with Gasteiger partial charge in [-0.3, -0.25) is 0 Å². The van der Waals surface area contributed by atoms with Gasteiger partial charge < -0.3 is 31.0 Å². The van der Waals surface area contributed by atoms with Gasteiger partial charge in [0.05, 0.1) is 0 Å². The Bertz CT molecular complexity index is 3800. The summed E-state index contributed by atoms with van der Waals surface area (Å²) in [7, 11) is -14.8. The van der Waals surface area contributed by atoms with Gasteiger partial charge in [-0.05, 0) is 234 Å². The zero-order valence-corrected chi connectivity index (χ0v) is 91.3. The van der Waals surface area contributed by atoms with Gasteiger partial charge in [0.2, 0.25) is 0 Å². The highest BCUT2D eigenvalue weighted by atomic mass is 28.4. The van der Waals surface area contributed by atoms with E-state index in [1.165, 1.54) is 80.1 Å². The predicted molar refractivity (Wildman–Crippen MR) is 544 cm³/mol. The van der Waals surface area contributed by atoms with Crippen LogP contribution < -0.4 is 31.0 Å². The Balaban J connectivity index is 0.000000327. The maximum absolute atomic E-state index is 7.69. The van der Waals surface area contributed by atoms with Crippen LogP contribution in [0, 0.1) is 0 Å². The lowest BCUT2D eigenvalue weighted by molar-refractivity contribution is 0.465. The van der Waals surface area contributed by atoms with E-state index in [2.05, 4.69) is 375 Å². The minimum absolute atomic E-state index is 0.479. The molecule has 0 fully saturated rings. The third kappa shape index (κ3) is 21.0. The first-order valence-electron chi connectivity index (χ1n) is 48.1. The number of benzene rings is 4. The van der Waals surface area contributed by atoms with E-state index in [4.69, 9.17) is 31.0 Å². The molecule has 0 saturated carbocycles. The van der Waals surface area contributed by atoms with Crippen LogP contribution in [0.4, 0.5) is 0 Å². The molecule has 4 aliphatic rings. The topological polar surface area (TPSA) is 64.6 Å². The van der Waals surface area contributed by atoms with Gasteiger partial charge in [0.1, 0.15) is 40.2 Å². The molecule has 0 N–H and O–H groups in total. The lowest BCUT2D eigenvalue weighted by Crippen LogP contribution is -2.51. The van der Waals surface area contributed by atoms with E-state index in [1.807, 2.05) is 6.08 Å². The van der Waals surface area contributed by atoms with Crippen molar-refractivity contribution in [3.8, 4) is 40.2 Å². The average molecular weight is 1750 g/mol. The minimum atomic E-state index is -2.26. The Morgan fingerprint density at radius 1 is 0.311 bits per heavy atom. The molecule has 0 aliphatic heterocycles. The van der Waals surface area contributed by atoms with Crippen molar-refractivity contribution in [1.29, 1.82) is 0 Å². The lowest BCUT2D eigenvalue weighted by atomic mass is 9.95. The molecule has 4 aromatic rings. The second kappa shape index (κ2) is 42.8. The molecule has 0 amide bonds. The maximum Gasteiger partial charge on any atom is 0.258 e. The highest BCUT2D eigenvalue weighted by molar-refractivity contribution is 6.81. The van der Waals surface area contributed by atoms with Gasteiger partial charge in [-0.1, -0.05) is 338 Å². The fraction of sp³-hybridized carbons (Fsp3) is 0.676. The van der Waals surface area contributed by atoms with Crippen molar-refractivity contribution in [1.82, 2.24) is 0 Å². The van der Waals surface area contributed by atoms with Crippen molar-refractivity contribution in [2.45, 2.75) is 459 Å². The molecule has 670 valence electrons. The van der Waals surface area contributed by atoms with Crippen LogP contribution in [0.15, 0.2) is 91.1 Å². The van der Waals surface area contributed by atoms with E-state index in [0.717, 1.165) is 85.2 Å². The van der Waals surface area contributed by atoms with Gasteiger partial charge >= 0.3 is 0 Å². The van der Waals surface area contributed by atoms with E-state index in [1.54, 1.807) is 0 Å². The molecule has 0 heterocycles. The number of hydrogen-bond donors (Lipinski definition) is 0. The van der Waals surface area contributed by atoms with Gasteiger partial charge in [0.25, 0.3) is 58.2 Å². The largest absolute Gasteiger partial charge is 0.543 e. The predicted octanol–water partition coefficient (Wildman–Crippen LogP) is 35.8. The number of hydrogen-bond acceptors (Lipinski definition) is 7. The molecule has 8 rings (SSSR count). The summed E-state index contributed by atoms with van der Waals surface area (Å²) in [5.74, 6) is 7.67. The minimum Gasteiger partial charge on any atom is -0.543 e. The van der Waals surface area contributed by atoms with Crippen molar-refractivity contribution in [3.63, 3.8) is 0 Å². The second-order valence-electron chi connectivity index (χ2n) is 43.2. The van der Waals surface area contributed by atoms with Crippen LogP contribution in [0.2, 0.25) is 117 Å². The Morgan fingerprint density at radius 3 is 0.908 bits per heavy atom. The van der Waals surface area contributed by atoms with Crippen molar-refractivity contribution < 1.29 is 31.0 Å². The molecule has 0 saturated heterocycles. The molecule has 0 aromatic heterocycles. The zero-order chi connectivity index (χ0) is 90.1. The standard InChI is InChI=1S/C56H98O4Si4.C27H48O2Si2.C22H34OSi/c1-35(2)61(36(3)4,37(5)6)57-51-31-33-53(59-63(41(13)14,42(15)16)43(17)18)55-47(27-29-49(51)55)25-26-48-28-30-50-52(58-62(38(7)8,39(9)10)40(11)12)32-34-54(56(48)50)60-64(44(19)20,45(21)22)46(23)24;1-18(2)30(19(3)4,20(5)6)28-26-16-17-27(25-15-13-14-24(25)26)29-31(21(7)8,22(9)10)23(11)12;1-7-8-9-10-14-24(17(2)3,18(4)5)23-22-13-11-12-20-15-19(6)16-21(20)22/h27-28,31-46H,25-26,29-30H2,1-24H3;13-14,16-23H,15H2,1-12H3;7,11-13,15,17-18H,1,8-10,14,16H2,2-6H3. The smallest absolute Gasteiger partial charge is 0.258 e. The molecule has 0 spiro atoms. The van der Waals surface area contributed by atoms with Gasteiger partial charge in [-0.15, -0.1) is 6.58 Å². The third-order valence-electron chi connectivity index (χ3n) is 30.2. The van der Waals surface area contributed by atoms with Gasteiger partial charge in [-0.2, -0.15) is 0 Å². The van der Waals surface area contributed by atoms with Crippen molar-refractivity contribution in [3.05, 3.63) is 136 Å². The monoisotopic (exact) mass is 1750 g/mol. The second-order valence-corrected chi connectivity index (χ2v) is 80.3. The highest BCUT2D eigenvalue weighted by Gasteiger charge is 2.55. The summed E-state index contributed by atoms with van der Waals surface area (Å²) in [4.78, 5) is 0. The van der Waals surface area contributed by atoms with E-state index < -0.39 is 58.2 Å². The Kier molecular flexibility index (Phi) is 37.2. The van der Waals surface area contributed by atoms with E-state index in [-0.39, 0.29) is 0 Å². The van der Waals surface area contributed by atoms with Crippen LogP contribution >= 0.6 is 0 Å². The Morgan fingerprint density at radius 2 is 0.597 bits per heavy atom. The molecule has 0 atom stereocenters. The molecule has 0 unspecified atom stereocenters. The van der Waals surface area contributed by atoms with Crippen LogP contribution in [0.5, 0.6) is 40.2 Å². The highest BCUT2D eigenvalue weighted by Crippen LogP contribution is 2.57. The average Bonchev–Trinajstić information content (AvgIpc) is 1.59. The van der Waals surface area contributed by atoms with E-state index >= 15 is 0 Å². The molecule has 4 aliphatic carbocycles. The summed E-state index contributed by atoms with van der Waals surface area (Å²) in [6, 6.07) is 21.4. The summed E-state index contributed by atoms with van der Waals surface area (Å²) >= 11 is 0.